The lowest BCUT2D eigenvalue weighted by molar-refractivity contribution is 0.0601. The number of rotatable bonds is 6. The molecule has 1 saturated heterocycles. The maximum atomic E-state index is 14.2. The summed E-state index contributed by atoms with van der Waals surface area (Å²) in [6.45, 7) is 2.17. The number of carbonyl (C=O) groups excluding carboxylic acids is 1. The van der Waals surface area contributed by atoms with Crippen molar-refractivity contribution in [1.82, 2.24) is 9.97 Å². The molecule has 160 valence electrons. The molecule has 2 N–H and O–H groups in total. The zero-order chi connectivity index (χ0) is 21.6. The Hall–Kier alpha value is -3.68. The van der Waals surface area contributed by atoms with Crippen molar-refractivity contribution in [3.05, 3.63) is 66.1 Å². The monoisotopic (exact) mass is 421 g/mol. The van der Waals surface area contributed by atoms with Gasteiger partial charge in [0.15, 0.2) is 11.6 Å². The molecule has 0 atom stereocenters. The van der Waals surface area contributed by atoms with Crippen LogP contribution >= 0.6 is 0 Å². The lowest BCUT2D eigenvalue weighted by Crippen LogP contribution is -2.29. The molecule has 0 amide bonds. The van der Waals surface area contributed by atoms with Crippen molar-refractivity contribution in [3.63, 3.8) is 0 Å². The van der Waals surface area contributed by atoms with Crippen LogP contribution in [0.4, 0.5) is 33.2 Å². The number of nitrogens with one attached hydrogen (secondary N) is 2. The average molecular weight is 421 g/mol. The van der Waals surface area contributed by atoms with Crippen LogP contribution in [0.3, 0.4) is 0 Å². The van der Waals surface area contributed by atoms with Crippen molar-refractivity contribution in [2.45, 2.75) is 19.3 Å². The van der Waals surface area contributed by atoms with Gasteiger partial charge in [-0.3, -0.25) is 0 Å². The molecule has 0 spiro atoms. The molecule has 1 aliphatic heterocycles. The van der Waals surface area contributed by atoms with Gasteiger partial charge in [-0.15, -0.1) is 0 Å². The quantitative estimate of drug-likeness (QED) is 0.549. The Morgan fingerprint density at radius 2 is 1.61 bits per heavy atom. The molecule has 3 aromatic rings. The van der Waals surface area contributed by atoms with Gasteiger partial charge in [-0.25, -0.2) is 14.2 Å². The highest BCUT2D eigenvalue weighted by Gasteiger charge is 2.12. The van der Waals surface area contributed by atoms with Gasteiger partial charge >= 0.3 is 5.97 Å². The molecule has 1 aliphatic rings. The van der Waals surface area contributed by atoms with E-state index in [1.54, 1.807) is 24.3 Å². The second kappa shape index (κ2) is 9.42. The standard InChI is InChI=1S/C23H24FN5O2/c1-31-22(30)16-5-7-17(8-6-16)26-21-20(24)15-25-23(28-21)27-18-9-11-19(12-10-18)29-13-3-2-4-14-29/h5-12,15H,2-4,13-14H2,1H3,(H2,25,26,27,28). The summed E-state index contributed by atoms with van der Waals surface area (Å²) in [7, 11) is 1.32. The summed E-state index contributed by atoms with van der Waals surface area (Å²) in [5.41, 5.74) is 3.01. The first-order valence-corrected chi connectivity index (χ1v) is 10.2. The highest BCUT2D eigenvalue weighted by molar-refractivity contribution is 5.89. The summed E-state index contributed by atoms with van der Waals surface area (Å²) in [5, 5.41) is 6.02. The third-order valence-electron chi connectivity index (χ3n) is 5.16. The number of benzene rings is 2. The van der Waals surface area contributed by atoms with E-state index < -0.39 is 11.8 Å². The van der Waals surface area contributed by atoms with E-state index in [9.17, 15) is 9.18 Å². The first-order valence-electron chi connectivity index (χ1n) is 10.2. The molecule has 0 saturated carbocycles. The third-order valence-corrected chi connectivity index (χ3v) is 5.16. The van der Waals surface area contributed by atoms with Crippen molar-refractivity contribution in [2.24, 2.45) is 0 Å². The molecule has 0 radical (unpaired) electrons. The molecule has 0 aliphatic carbocycles. The van der Waals surface area contributed by atoms with Gasteiger partial charge in [0, 0.05) is 30.2 Å². The van der Waals surface area contributed by atoms with Gasteiger partial charge in [0.1, 0.15) is 0 Å². The number of esters is 1. The topological polar surface area (TPSA) is 79.4 Å². The zero-order valence-electron chi connectivity index (χ0n) is 17.3. The number of ether oxygens (including phenoxy) is 1. The Balaban J connectivity index is 1.44. The van der Waals surface area contributed by atoms with E-state index in [2.05, 4.69) is 42.4 Å². The Morgan fingerprint density at radius 1 is 0.968 bits per heavy atom. The van der Waals surface area contributed by atoms with Gasteiger partial charge in [0.05, 0.1) is 18.9 Å². The molecule has 0 unspecified atom stereocenters. The predicted molar refractivity (Wildman–Crippen MR) is 119 cm³/mol. The van der Waals surface area contributed by atoms with Gasteiger partial charge in [0.2, 0.25) is 5.95 Å². The van der Waals surface area contributed by atoms with Crippen LogP contribution in [0.15, 0.2) is 54.7 Å². The largest absolute Gasteiger partial charge is 0.465 e. The Labute approximate surface area is 180 Å². The van der Waals surface area contributed by atoms with Crippen molar-refractivity contribution in [2.75, 3.05) is 35.7 Å². The number of hydrogen-bond acceptors (Lipinski definition) is 7. The third kappa shape index (κ3) is 5.09. The molecule has 1 aromatic heterocycles. The molecule has 7 nitrogen and oxygen atoms in total. The SMILES string of the molecule is COC(=O)c1ccc(Nc2nc(Nc3ccc(N4CCCCC4)cc3)ncc2F)cc1. The van der Waals surface area contributed by atoms with Gasteiger partial charge in [0.25, 0.3) is 0 Å². The van der Waals surface area contributed by atoms with Crippen LogP contribution in [-0.2, 0) is 4.74 Å². The maximum absolute atomic E-state index is 14.2. The lowest BCUT2D eigenvalue weighted by Gasteiger charge is -2.28. The number of halogens is 1. The number of nitrogens with zero attached hydrogens (tertiary/aromatic N) is 3. The minimum Gasteiger partial charge on any atom is -0.465 e. The number of aromatic nitrogens is 2. The summed E-state index contributed by atoms with van der Waals surface area (Å²) < 4.78 is 18.9. The second-order valence-corrected chi connectivity index (χ2v) is 7.30. The number of carbonyl (C=O) groups is 1. The summed E-state index contributed by atoms with van der Waals surface area (Å²) in [6, 6.07) is 14.6. The van der Waals surface area contributed by atoms with E-state index in [1.807, 2.05) is 12.1 Å². The molecule has 0 bridgehead atoms. The number of piperidine rings is 1. The fourth-order valence-electron chi connectivity index (χ4n) is 3.50. The van der Waals surface area contributed by atoms with Crippen LogP contribution < -0.4 is 15.5 Å². The molecule has 4 rings (SSSR count). The van der Waals surface area contributed by atoms with E-state index in [0.29, 0.717) is 11.3 Å². The highest BCUT2D eigenvalue weighted by Crippen LogP contribution is 2.24. The summed E-state index contributed by atoms with van der Waals surface area (Å²) in [4.78, 5) is 22.2. The van der Waals surface area contributed by atoms with Gasteiger partial charge < -0.3 is 20.3 Å². The fourth-order valence-corrected chi connectivity index (χ4v) is 3.50. The molecule has 2 heterocycles. The second-order valence-electron chi connectivity index (χ2n) is 7.30. The maximum Gasteiger partial charge on any atom is 0.337 e. The molecular weight excluding hydrogens is 397 g/mol. The highest BCUT2D eigenvalue weighted by atomic mass is 19.1. The lowest BCUT2D eigenvalue weighted by atomic mass is 10.1. The number of anilines is 5. The van der Waals surface area contributed by atoms with E-state index in [4.69, 9.17) is 0 Å². The van der Waals surface area contributed by atoms with Crippen LogP contribution in [0.5, 0.6) is 0 Å². The first-order chi connectivity index (χ1) is 15.1. The predicted octanol–water partition coefficient (Wildman–Crippen LogP) is 4.88. The van der Waals surface area contributed by atoms with Crippen LogP contribution in [0.1, 0.15) is 29.6 Å². The van der Waals surface area contributed by atoms with Gasteiger partial charge in [-0.05, 0) is 67.8 Å². The van der Waals surface area contributed by atoms with Crippen LogP contribution in [-0.4, -0.2) is 36.1 Å². The number of methoxy groups -OCH3 is 1. The van der Waals surface area contributed by atoms with Crippen LogP contribution in [0.2, 0.25) is 0 Å². The normalized spacial score (nSPS) is 13.5. The molecular formula is C23H24FN5O2. The average Bonchev–Trinajstić information content (AvgIpc) is 2.82. The summed E-state index contributed by atoms with van der Waals surface area (Å²) >= 11 is 0. The van der Waals surface area contributed by atoms with E-state index >= 15 is 0 Å². The summed E-state index contributed by atoms with van der Waals surface area (Å²) in [6.07, 6.45) is 4.86. The van der Waals surface area contributed by atoms with Crippen LogP contribution in [0, 0.1) is 5.82 Å². The van der Waals surface area contributed by atoms with Gasteiger partial charge in [-0.1, -0.05) is 0 Å². The van der Waals surface area contributed by atoms with Crippen molar-refractivity contribution < 1.29 is 13.9 Å². The van der Waals surface area contributed by atoms with Crippen molar-refractivity contribution >= 4 is 34.8 Å². The van der Waals surface area contributed by atoms with E-state index in [0.717, 1.165) is 25.0 Å². The van der Waals surface area contributed by atoms with Crippen LogP contribution in [0.25, 0.3) is 0 Å². The minimum atomic E-state index is -0.581. The zero-order valence-corrected chi connectivity index (χ0v) is 17.3. The Kier molecular flexibility index (Phi) is 6.26. The summed E-state index contributed by atoms with van der Waals surface area (Å²) in [5.74, 6) is -0.699. The Morgan fingerprint density at radius 3 is 2.29 bits per heavy atom. The molecule has 2 aromatic carbocycles. The number of hydrogen-bond donors (Lipinski definition) is 2. The minimum absolute atomic E-state index is 0.0354. The fraction of sp³-hybridized carbons (Fsp3) is 0.261. The van der Waals surface area contributed by atoms with E-state index in [-0.39, 0.29) is 11.8 Å². The van der Waals surface area contributed by atoms with Crippen molar-refractivity contribution in [3.8, 4) is 0 Å². The van der Waals surface area contributed by atoms with Gasteiger partial charge in [-0.2, -0.15) is 4.98 Å². The molecule has 8 heteroatoms. The van der Waals surface area contributed by atoms with Crippen molar-refractivity contribution in [1.29, 1.82) is 0 Å². The smallest absolute Gasteiger partial charge is 0.337 e. The molecule has 1 fully saturated rings. The first kappa shape index (κ1) is 20.6. The molecule has 31 heavy (non-hydrogen) atoms. The van der Waals surface area contributed by atoms with E-state index in [1.165, 1.54) is 32.1 Å². The Bertz CT molecular complexity index is 1030.